The maximum Gasteiger partial charge on any atom is 0.342 e. The van der Waals surface area contributed by atoms with E-state index in [9.17, 15) is 14.4 Å². The van der Waals surface area contributed by atoms with Gasteiger partial charge in [-0.1, -0.05) is 30.4 Å². The van der Waals surface area contributed by atoms with E-state index in [2.05, 4.69) is 0 Å². The number of hydrogen-bond donors (Lipinski definition) is 0. The fourth-order valence-corrected chi connectivity index (χ4v) is 4.93. The average molecular weight is 493 g/mol. The molecule has 0 radical (unpaired) electrons. The third-order valence-corrected chi connectivity index (χ3v) is 6.68. The van der Waals surface area contributed by atoms with Crippen LogP contribution in [0.3, 0.4) is 0 Å². The van der Waals surface area contributed by atoms with Crippen molar-refractivity contribution in [2.75, 3.05) is 14.2 Å². The zero-order valence-electron chi connectivity index (χ0n) is 21.0. The van der Waals surface area contributed by atoms with Gasteiger partial charge < -0.3 is 18.9 Å². The fraction of sp³-hybridized carbons (Fsp3) is 0.414. The Morgan fingerprint density at radius 2 is 1.78 bits per heavy atom. The molecule has 0 bridgehead atoms. The summed E-state index contributed by atoms with van der Waals surface area (Å²) in [5.41, 5.74) is 2.26. The van der Waals surface area contributed by atoms with E-state index in [0.717, 1.165) is 12.0 Å². The van der Waals surface area contributed by atoms with Crippen LogP contribution in [0.2, 0.25) is 0 Å². The largest absolute Gasteiger partial charge is 0.496 e. The number of allylic oxidation sites excluding steroid dienone is 1. The maximum absolute atomic E-state index is 13.5. The van der Waals surface area contributed by atoms with Crippen LogP contribution in [0.1, 0.15) is 84.8 Å². The summed E-state index contributed by atoms with van der Waals surface area (Å²) in [5, 5.41) is 0. The van der Waals surface area contributed by atoms with Gasteiger partial charge in [-0.3, -0.25) is 9.59 Å². The van der Waals surface area contributed by atoms with Gasteiger partial charge in [0.05, 0.1) is 26.7 Å². The Hall–Kier alpha value is -3.61. The molecule has 0 fully saturated rings. The number of benzene rings is 2. The molecule has 7 heteroatoms. The fourth-order valence-electron chi connectivity index (χ4n) is 4.93. The minimum Gasteiger partial charge on any atom is -0.496 e. The van der Waals surface area contributed by atoms with Crippen LogP contribution < -0.4 is 14.2 Å². The van der Waals surface area contributed by atoms with E-state index in [-0.39, 0.29) is 24.3 Å². The van der Waals surface area contributed by atoms with Gasteiger partial charge in [0.1, 0.15) is 28.6 Å². The summed E-state index contributed by atoms with van der Waals surface area (Å²) >= 11 is 0. The van der Waals surface area contributed by atoms with Gasteiger partial charge in [-0.15, -0.1) is 0 Å². The van der Waals surface area contributed by atoms with Crippen LogP contribution in [0.15, 0.2) is 36.4 Å². The van der Waals surface area contributed by atoms with Crippen molar-refractivity contribution in [1.29, 1.82) is 0 Å². The highest BCUT2D eigenvalue weighted by molar-refractivity contribution is 5.99. The molecular formula is C29H32O7. The first-order chi connectivity index (χ1) is 17.4. The number of rotatable bonds is 3. The first-order valence-corrected chi connectivity index (χ1v) is 12.4. The average Bonchev–Trinajstić information content (AvgIpc) is 2.86. The monoisotopic (exact) mass is 492 g/mol. The minimum atomic E-state index is -0.513. The van der Waals surface area contributed by atoms with Gasteiger partial charge in [-0.25, -0.2) is 4.79 Å². The molecule has 0 aliphatic carbocycles. The summed E-state index contributed by atoms with van der Waals surface area (Å²) in [6.45, 7) is 1.83. The number of carbonyl (C=O) groups is 3. The molecule has 2 aromatic rings. The molecule has 0 amide bonds. The SMILES string of the molecule is COc1ccccc1[C@@H]1CC(=O)Oc2cc3c(c(OC)c21)C(=O)O[C@H](C)CCCC(=O)CCCC=C3. The molecule has 2 atom stereocenters. The molecule has 4 rings (SSSR count). The number of esters is 2. The van der Waals surface area contributed by atoms with E-state index in [1.165, 1.54) is 7.11 Å². The number of cyclic esters (lactones) is 1. The van der Waals surface area contributed by atoms with Crippen LogP contribution in [-0.4, -0.2) is 38.0 Å². The van der Waals surface area contributed by atoms with Crippen molar-refractivity contribution >= 4 is 23.8 Å². The Labute approximate surface area is 211 Å². The molecule has 0 unspecified atom stereocenters. The predicted molar refractivity (Wildman–Crippen MR) is 135 cm³/mol. The molecule has 0 spiro atoms. The molecule has 0 saturated heterocycles. The van der Waals surface area contributed by atoms with Crippen LogP contribution in [0.5, 0.6) is 17.2 Å². The summed E-state index contributed by atoms with van der Waals surface area (Å²) in [4.78, 5) is 38.2. The Kier molecular flexibility index (Phi) is 8.08. The highest BCUT2D eigenvalue weighted by atomic mass is 16.5. The lowest BCUT2D eigenvalue weighted by Gasteiger charge is -2.29. The third-order valence-electron chi connectivity index (χ3n) is 6.68. The Balaban J connectivity index is 1.87. The quantitative estimate of drug-likeness (QED) is 0.405. The summed E-state index contributed by atoms with van der Waals surface area (Å²) in [5.74, 6) is 0.224. The minimum absolute atomic E-state index is 0.0812. The van der Waals surface area contributed by atoms with Crippen molar-refractivity contribution in [1.82, 2.24) is 0 Å². The molecule has 2 aliphatic rings. The molecule has 2 heterocycles. The second kappa shape index (κ2) is 11.4. The zero-order chi connectivity index (χ0) is 25.7. The lowest BCUT2D eigenvalue weighted by molar-refractivity contribution is -0.135. The first-order valence-electron chi connectivity index (χ1n) is 12.4. The van der Waals surface area contributed by atoms with Crippen LogP contribution in [0, 0.1) is 0 Å². The van der Waals surface area contributed by atoms with Crippen molar-refractivity contribution in [3.8, 4) is 17.2 Å². The van der Waals surface area contributed by atoms with Crippen molar-refractivity contribution in [3.63, 3.8) is 0 Å². The summed E-state index contributed by atoms with van der Waals surface area (Å²) in [6, 6.07) is 9.18. The lowest BCUT2D eigenvalue weighted by atomic mass is 9.83. The number of fused-ring (bicyclic) bond motifs is 2. The van der Waals surface area contributed by atoms with E-state index in [4.69, 9.17) is 18.9 Å². The third kappa shape index (κ3) is 5.45. The molecule has 0 N–H and O–H groups in total. The van der Waals surface area contributed by atoms with Crippen molar-refractivity contribution in [3.05, 3.63) is 58.7 Å². The first kappa shape index (κ1) is 25.5. The molecule has 0 saturated carbocycles. The Morgan fingerprint density at radius 1 is 1.00 bits per heavy atom. The lowest BCUT2D eigenvalue weighted by Crippen LogP contribution is -2.24. The zero-order valence-corrected chi connectivity index (χ0v) is 21.0. The predicted octanol–water partition coefficient (Wildman–Crippen LogP) is 5.63. The van der Waals surface area contributed by atoms with Gasteiger partial charge in [0.15, 0.2) is 0 Å². The smallest absolute Gasteiger partial charge is 0.342 e. The number of carbonyl (C=O) groups excluding carboxylic acids is 3. The number of para-hydroxylation sites is 1. The molecule has 190 valence electrons. The second-order valence-electron chi connectivity index (χ2n) is 9.20. The standard InChI is InChI=1S/C29H32O7/c1-18-10-9-13-20(30)12-6-4-5-11-19-16-24-27(28(34-3)26(19)29(32)35-18)22(17-25(31)36-24)21-14-7-8-15-23(21)33-2/h5,7-8,11,14-16,18,22H,4,6,9-10,12-13,17H2,1-3H3/t18-,22+/m1/s1. The summed E-state index contributed by atoms with van der Waals surface area (Å²) in [7, 11) is 3.08. The molecule has 2 aliphatic heterocycles. The van der Waals surface area contributed by atoms with Gasteiger partial charge in [0, 0.05) is 29.9 Å². The molecular weight excluding hydrogens is 460 g/mol. The molecule has 36 heavy (non-hydrogen) atoms. The Bertz CT molecular complexity index is 1180. The highest BCUT2D eigenvalue weighted by Crippen LogP contribution is 2.49. The number of Topliss-reactive ketones (excluding diaryl/α,β-unsaturated/α-hetero) is 1. The van der Waals surface area contributed by atoms with E-state index in [1.807, 2.05) is 37.3 Å². The molecule has 7 nitrogen and oxygen atoms in total. The topological polar surface area (TPSA) is 88.1 Å². The van der Waals surface area contributed by atoms with Crippen molar-refractivity contribution in [2.24, 2.45) is 0 Å². The van der Waals surface area contributed by atoms with Gasteiger partial charge in [0.2, 0.25) is 0 Å². The van der Waals surface area contributed by atoms with Crippen LogP contribution in [0.25, 0.3) is 6.08 Å². The van der Waals surface area contributed by atoms with Gasteiger partial charge in [0.25, 0.3) is 0 Å². The second-order valence-corrected chi connectivity index (χ2v) is 9.20. The van der Waals surface area contributed by atoms with E-state index in [0.29, 0.717) is 66.0 Å². The number of methoxy groups -OCH3 is 2. The van der Waals surface area contributed by atoms with Gasteiger partial charge >= 0.3 is 11.9 Å². The molecule has 0 aromatic heterocycles. The Morgan fingerprint density at radius 3 is 2.56 bits per heavy atom. The van der Waals surface area contributed by atoms with Gasteiger partial charge in [-0.05, 0) is 50.3 Å². The van der Waals surface area contributed by atoms with Crippen LogP contribution >= 0.6 is 0 Å². The maximum atomic E-state index is 13.5. The number of ketones is 1. The van der Waals surface area contributed by atoms with Crippen molar-refractivity contribution < 1.29 is 33.3 Å². The van der Waals surface area contributed by atoms with Crippen molar-refractivity contribution in [2.45, 2.75) is 63.9 Å². The van der Waals surface area contributed by atoms with E-state index < -0.39 is 11.9 Å². The van der Waals surface area contributed by atoms with E-state index >= 15 is 0 Å². The van der Waals surface area contributed by atoms with Crippen LogP contribution in [-0.2, 0) is 14.3 Å². The summed E-state index contributed by atoms with van der Waals surface area (Å²) in [6.07, 6.45) is 7.13. The normalized spacial score (nSPS) is 20.9. The molecule has 2 aromatic carbocycles. The van der Waals surface area contributed by atoms with E-state index in [1.54, 1.807) is 19.3 Å². The number of ether oxygens (including phenoxy) is 4. The van der Waals surface area contributed by atoms with Gasteiger partial charge in [-0.2, -0.15) is 0 Å². The number of hydrogen-bond acceptors (Lipinski definition) is 7. The highest BCUT2D eigenvalue weighted by Gasteiger charge is 2.37. The summed E-state index contributed by atoms with van der Waals surface area (Å²) < 4.78 is 22.9. The van der Waals surface area contributed by atoms with Crippen LogP contribution in [0.4, 0.5) is 0 Å².